The Morgan fingerprint density at radius 3 is 2.65 bits per heavy atom. The van der Waals surface area contributed by atoms with Crippen LogP contribution in [0, 0.1) is 5.82 Å². The zero-order valence-electron chi connectivity index (χ0n) is 14.8. The van der Waals surface area contributed by atoms with E-state index in [1.54, 1.807) is 24.5 Å². The van der Waals surface area contributed by atoms with Crippen molar-refractivity contribution in [1.82, 2.24) is 15.3 Å². The van der Waals surface area contributed by atoms with E-state index in [0.717, 1.165) is 31.2 Å². The van der Waals surface area contributed by atoms with E-state index in [4.69, 9.17) is 0 Å². The van der Waals surface area contributed by atoms with Crippen LogP contribution in [0.3, 0.4) is 0 Å². The Bertz CT molecular complexity index is 896. The maximum atomic E-state index is 13.7. The number of pyridine rings is 2. The van der Waals surface area contributed by atoms with Crippen LogP contribution in [0.1, 0.15) is 43.0 Å². The van der Waals surface area contributed by atoms with Gasteiger partial charge in [-0.2, -0.15) is 0 Å². The molecule has 0 saturated heterocycles. The number of rotatable bonds is 7. The second-order valence-electron chi connectivity index (χ2n) is 6.27. The third-order valence-corrected chi connectivity index (χ3v) is 4.31. The van der Waals surface area contributed by atoms with Crippen molar-refractivity contribution in [3.8, 4) is 11.3 Å². The van der Waals surface area contributed by atoms with E-state index in [9.17, 15) is 9.18 Å². The molecule has 0 saturated carbocycles. The Labute approximate surface area is 152 Å². The standard InChI is InChI=1S/C21H22FN3O/c1-2-3-4-5-10-24-21(26)18-14-20(15-8-11-23-12-9-15)25-19-7-6-16(22)13-17(18)19/h6-9,11-14H,2-5,10H2,1H3,(H,24,26). The van der Waals surface area contributed by atoms with Crippen LogP contribution in [-0.4, -0.2) is 22.4 Å². The van der Waals surface area contributed by atoms with Crippen LogP contribution in [-0.2, 0) is 0 Å². The molecule has 1 aromatic carbocycles. The number of halogens is 1. The Hall–Kier alpha value is -2.82. The van der Waals surface area contributed by atoms with Gasteiger partial charge in [-0.3, -0.25) is 9.78 Å². The van der Waals surface area contributed by atoms with Crippen molar-refractivity contribution in [3.63, 3.8) is 0 Å². The van der Waals surface area contributed by atoms with E-state index >= 15 is 0 Å². The van der Waals surface area contributed by atoms with E-state index in [2.05, 4.69) is 22.2 Å². The normalized spacial score (nSPS) is 10.8. The average Bonchev–Trinajstić information content (AvgIpc) is 2.67. The van der Waals surface area contributed by atoms with Gasteiger partial charge in [0.1, 0.15) is 5.82 Å². The van der Waals surface area contributed by atoms with E-state index in [0.29, 0.717) is 28.7 Å². The molecule has 2 aromatic heterocycles. The summed E-state index contributed by atoms with van der Waals surface area (Å²) >= 11 is 0. The lowest BCUT2D eigenvalue weighted by atomic mass is 10.0. The van der Waals surface area contributed by atoms with Crippen molar-refractivity contribution >= 4 is 16.8 Å². The van der Waals surface area contributed by atoms with Gasteiger partial charge in [0.05, 0.1) is 16.8 Å². The zero-order chi connectivity index (χ0) is 18.4. The summed E-state index contributed by atoms with van der Waals surface area (Å²) in [4.78, 5) is 21.3. The first-order chi connectivity index (χ1) is 12.7. The van der Waals surface area contributed by atoms with Crippen LogP contribution in [0.4, 0.5) is 4.39 Å². The molecule has 134 valence electrons. The molecule has 2 heterocycles. The summed E-state index contributed by atoms with van der Waals surface area (Å²) in [5.74, 6) is -0.581. The highest BCUT2D eigenvalue weighted by Gasteiger charge is 2.14. The highest BCUT2D eigenvalue weighted by Crippen LogP contribution is 2.25. The lowest BCUT2D eigenvalue weighted by Gasteiger charge is -2.11. The predicted molar refractivity (Wildman–Crippen MR) is 101 cm³/mol. The summed E-state index contributed by atoms with van der Waals surface area (Å²) in [7, 11) is 0. The average molecular weight is 351 g/mol. The first kappa shape index (κ1) is 18.0. The third-order valence-electron chi connectivity index (χ3n) is 4.31. The number of carbonyl (C=O) groups excluding carboxylic acids is 1. The van der Waals surface area contributed by atoms with Gasteiger partial charge in [-0.1, -0.05) is 26.2 Å². The molecular weight excluding hydrogens is 329 g/mol. The van der Waals surface area contributed by atoms with Crippen molar-refractivity contribution in [2.24, 2.45) is 0 Å². The molecule has 0 atom stereocenters. The van der Waals surface area contributed by atoms with Crippen molar-refractivity contribution in [2.75, 3.05) is 6.54 Å². The molecule has 0 bridgehead atoms. The molecule has 1 amide bonds. The van der Waals surface area contributed by atoms with Gasteiger partial charge in [-0.05, 0) is 42.8 Å². The monoisotopic (exact) mass is 351 g/mol. The fraction of sp³-hybridized carbons (Fsp3) is 0.286. The van der Waals surface area contributed by atoms with Crippen LogP contribution >= 0.6 is 0 Å². The highest BCUT2D eigenvalue weighted by molar-refractivity contribution is 6.07. The molecule has 0 radical (unpaired) electrons. The maximum absolute atomic E-state index is 13.7. The Morgan fingerprint density at radius 1 is 1.08 bits per heavy atom. The van der Waals surface area contributed by atoms with Gasteiger partial charge in [-0.25, -0.2) is 9.37 Å². The van der Waals surface area contributed by atoms with Crippen LogP contribution < -0.4 is 5.32 Å². The molecule has 0 aliphatic heterocycles. The van der Waals surface area contributed by atoms with Crippen molar-refractivity contribution in [2.45, 2.75) is 32.6 Å². The fourth-order valence-electron chi connectivity index (χ4n) is 2.91. The fourth-order valence-corrected chi connectivity index (χ4v) is 2.91. The van der Waals surface area contributed by atoms with E-state index < -0.39 is 0 Å². The smallest absolute Gasteiger partial charge is 0.252 e. The second-order valence-corrected chi connectivity index (χ2v) is 6.27. The molecule has 0 aliphatic carbocycles. The maximum Gasteiger partial charge on any atom is 0.252 e. The van der Waals surface area contributed by atoms with Crippen LogP contribution in [0.15, 0.2) is 48.8 Å². The summed E-state index contributed by atoms with van der Waals surface area (Å²) in [6, 6.07) is 9.73. The number of carbonyl (C=O) groups is 1. The van der Waals surface area contributed by atoms with Crippen molar-refractivity contribution in [3.05, 3.63) is 60.2 Å². The number of amides is 1. The summed E-state index contributed by atoms with van der Waals surface area (Å²) in [5.41, 5.74) is 2.57. The third kappa shape index (κ3) is 4.23. The predicted octanol–water partition coefficient (Wildman–Crippen LogP) is 4.75. The number of hydrogen-bond donors (Lipinski definition) is 1. The number of hydrogen-bond acceptors (Lipinski definition) is 3. The molecule has 0 unspecified atom stereocenters. The van der Waals surface area contributed by atoms with Crippen LogP contribution in [0.2, 0.25) is 0 Å². The topological polar surface area (TPSA) is 54.9 Å². The zero-order valence-corrected chi connectivity index (χ0v) is 14.8. The van der Waals surface area contributed by atoms with Gasteiger partial charge in [0.15, 0.2) is 0 Å². The molecule has 0 spiro atoms. The van der Waals surface area contributed by atoms with Crippen molar-refractivity contribution < 1.29 is 9.18 Å². The molecule has 4 nitrogen and oxygen atoms in total. The SMILES string of the molecule is CCCCCCNC(=O)c1cc(-c2ccncc2)nc2ccc(F)cc12. The Balaban J connectivity index is 1.93. The molecule has 0 aliphatic rings. The van der Waals surface area contributed by atoms with E-state index in [1.807, 2.05) is 12.1 Å². The van der Waals surface area contributed by atoms with E-state index in [1.165, 1.54) is 12.1 Å². The lowest BCUT2D eigenvalue weighted by molar-refractivity contribution is 0.0954. The molecule has 5 heteroatoms. The summed E-state index contributed by atoms with van der Waals surface area (Å²) < 4.78 is 13.7. The van der Waals surface area contributed by atoms with Gasteiger partial charge in [0, 0.05) is 29.9 Å². The van der Waals surface area contributed by atoms with Gasteiger partial charge < -0.3 is 5.32 Å². The van der Waals surface area contributed by atoms with Gasteiger partial charge in [0.25, 0.3) is 5.91 Å². The number of nitrogens with zero attached hydrogens (tertiary/aromatic N) is 2. The van der Waals surface area contributed by atoms with Crippen LogP contribution in [0.5, 0.6) is 0 Å². The highest BCUT2D eigenvalue weighted by atomic mass is 19.1. The number of fused-ring (bicyclic) bond motifs is 1. The quantitative estimate of drug-likeness (QED) is 0.625. The lowest BCUT2D eigenvalue weighted by Crippen LogP contribution is -2.24. The molecular formula is C21H22FN3O. The summed E-state index contributed by atoms with van der Waals surface area (Å²) in [6.45, 7) is 2.76. The Morgan fingerprint density at radius 2 is 1.88 bits per heavy atom. The first-order valence-electron chi connectivity index (χ1n) is 8.98. The minimum atomic E-state index is -0.382. The molecule has 1 N–H and O–H groups in total. The number of nitrogens with one attached hydrogen (secondary N) is 1. The summed E-state index contributed by atoms with van der Waals surface area (Å²) in [5, 5.41) is 3.47. The van der Waals surface area contributed by atoms with Gasteiger partial charge in [-0.15, -0.1) is 0 Å². The number of benzene rings is 1. The second kappa shape index (κ2) is 8.52. The molecule has 0 fully saturated rings. The number of unbranched alkanes of at least 4 members (excludes halogenated alkanes) is 3. The molecule has 3 rings (SSSR count). The molecule has 26 heavy (non-hydrogen) atoms. The van der Waals surface area contributed by atoms with Crippen LogP contribution in [0.25, 0.3) is 22.2 Å². The number of aromatic nitrogens is 2. The minimum absolute atomic E-state index is 0.199. The van der Waals surface area contributed by atoms with E-state index in [-0.39, 0.29) is 11.7 Å². The Kier molecular flexibility index (Phi) is 5.89. The minimum Gasteiger partial charge on any atom is -0.352 e. The van der Waals surface area contributed by atoms with Crippen molar-refractivity contribution in [1.29, 1.82) is 0 Å². The van der Waals surface area contributed by atoms with Gasteiger partial charge >= 0.3 is 0 Å². The summed E-state index contributed by atoms with van der Waals surface area (Å²) in [6.07, 6.45) is 7.70. The largest absolute Gasteiger partial charge is 0.352 e. The molecule has 3 aromatic rings. The van der Waals surface area contributed by atoms with Gasteiger partial charge in [0.2, 0.25) is 0 Å². The first-order valence-corrected chi connectivity index (χ1v) is 8.98.